The number of aromatic nitrogens is 1. The van der Waals surface area contributed by atoms with Crippen molar-refractivity contribution in [1.29, 1.82) is 0 Å². The van der Waals surface area contributed by atoms with Gasteiger partial charge in [-0.1, -0.05) is 6.92 Å². The Morgan fingerprint density at radius 3 is 2.88 bits per heavy atom. The molecule has 0 aromatic carbocycles. The molecule has 0 radical (unpaired) electrons. The molecule has 1 heterocycles. The van der Waals surface area contributed by atoms with Crippen LogP contribution in [0.5, 0.6) is 0 Å². The van der Waals surface area contributed by atoms with Crippen molar-refractivity contribution in [1.82, 2.24) is 10.3 Å². The van der Waals surface area contributed by atoms with Gasteiger partial charge in [-0.05, 0) is 18.6 Å². The Kier molecular flexibility index (Phi) is 5.32. The highest BCUT2D eigenvalue weighted by Crippen LogP contribution is 2.11. The van der Waals surface area contributed by atoms with Crippen LogP contribution >= 0.6 is 0 Å². The molecule has 16 heavy (non-hydrogen) atoms. The van der Waals surface area contributed by atoms with Crippen molar-refractivity contribution in [3.63, 3.8) is 0 Å². The summed E-state index contributed by atoms with van der Waals surface area (Å²) in [5, 5.41) is 2.80. The monoisotopic (exact) mass is 221 g/mol. The number of pyridine rings is 1. The van der Waals surface area contributed by atoms with Crippen LogP contribution in [0.25, 0.3) is 0 Å². The van der Waals surface area contributed by atoms with Gasteiger partial charge in [0.25, 0.3) is 0 Å². The van der Waals surface area contributed by atoms with Crippen LogP contribution in [0, 0.1) is 0 Å². The maximum absolute atomic E-state index is 10.8. The molecule has 88 valence electrons. The number of anilines is 1. The fourth-order valence-electron chi connectivity index (χ4n) is 1.55. The highest BCUT2D eigenvalue weighted by atomic mass is 16.1. The van der Waals surface area contributed by atoms with Gasteiger partial charge in [0.05, 0.1) is 11.9 Å². The minimum atomic E-state index is 0.0163. The Morgan fingerprint density at radius 1 is 1.50 bits per heavy atom. The van der Waals surface area contributed by atoms with Gasteiger partial charge in [0.1, 0.15) is 0 Å². The Bertz CT molecular complexity index is 313. The molecular formula is C12H19N3O. The quantitative estimate of drug-likeness (QED) is 0.790. The Hall–Kier alpha value is -1.58. The molecule has 1 N–H and O–H groups in total. The third-order valence-corrected chi connectivity index (χ3v) is 2.26. The van der Waals surface area contributed by atoms with Gasteiger partial charge < -0.3 is 10.2 Å². The van der Waals surface area contributed by atoms with E-state index in [2.05, 4.69) is 22.1 Å². The van der Waals surface area contributed by atoms with Crippen molar-refractivity contribution < 1.29 is 4.79 Å². The number of hydrogen-bond donors (Lipinski definition) is 1. The molecule has 0 fully saturated rings. The Balaban J connectivity index is 2.51. The number of rotatable bonds is 6. The van der Waals surface area contributed by atoms with Gasteiger partial charge in [-0.25, -0.2) is 0 Å². The van der Waals surface area contributed by atoms with Crippen molar-refractivity contribution in [2.24, 2.45) is 0 Å². The summed E-state index contributed by atoms with van der Waals surface area (Å²) < 4.78 is 0. The van der Waals surface area contributed by atoms with Crippen LogP contribution in [-0.4, -0.2) is 30.5 Å². The van der Waals surface area contributed by atoms with E-state index in [1.807, 2.05) is 18.3 Å². The van der Waals surface area contributed by atoms with Crippen LogP contribution in [0.1, 0.15) is 20.3 Å². The second-order valence-corrected chi connectivity index (χ2v) is 3.68. The number of carbonyl (C=O) groups is 1. The molecule has 4 nitrogen and oxygen atoms in total. The smallest absolute Gasteiger partial charge is 0.216 e. The summed E-state index contributed by atoms with van der Waals surface area (Å²) in [6.45, 7) is 6.14. The molecule has 1 aromatic rings. The van der Waals surface area contributed by atoms with E-state index >= 15 is 0 Å². The molecule has 0 spiro atoms. The predicted octanol–water partition coefficient (Wildman–Crippen LogP) is 1.43. The fraction of sp³-hybridized carbons (Fsp3) is 0.500. The van der Waals surface area contributed by atoms with Crippen molar-refractivity contribution in [2.75, 3.05) is 24.5 Å². The maximum atomic E-state index is 10.8. The molecule has 0 bridgehead atoms. The van der Waals surface area contributed by atoms with Gasteiger partial charge in [-0.2, -0.15) is 0 Å². The zero-order valence-electron chi connectivity index (χ0n) is 9.94. The molecule has 0 aliphatic rings. The maximum Gasteiger partial charge on any atom is 0.216 e. The summed E-state index contributed by atoms with van der Waals surface area (Å²) in [6.07, 6.45) is 4.69. The molecular weight excluding hydrogens is 202 g/mol. The third-order valence-electron chi connectivity index (χ3n) is 2.26. The van der Waals surface area contributed by atoms with Crippen molar-refractivity contribution in [3.8, 4) is 0 Å². The van der Waals surface area contributed by atoms with E-state index in [0.717, 1.165) is 25.2 Å². The minimum absolute atomic E-state index is 0.0163. The first-order chi connectivity index (χ1) is 7.74. The third kappa shape index (κ3) is 4.29. The first-order valence-corrected chi connectivity index (χ1v) is 5.63. The summed E-state index contributed by atoms with van der Waals surface area (Å²) in [5.74, 6) is 0.0163. The zero-order valence-corrected chi connectivity index (χ0v) is 9.94. The van der Waals surface area contributed by atoms with Crippen LogP contribution < -0.4 is 10.2 Å². The molecule has 1 amide bonds. The van der Waals surface area contributed by atoms with Crippen LogP contribution in [0.3, 0.4) is 0 Å². The van der Waals surface area contributed by atoms with Gasteiger partial charge in [-0.3, -0.25) is 9.78 Å². The average Bonchev–Trinajstić information content (AvgIpc) is 2.29. The van der Waals surface area contributed by atoms with Crippen molar-refractivity contribution >= 4 is 11.6 Å². The highest BCUT2D eigenvalue weighted by Gasteiger charge is 2.04. The summed E-state index contributed by atoms with van der Waals surface area (Å²) in [7, 11) is 0. The summed E-state index contributed by atoms with van der Waals surface area (Å²) in [6, 6.07) is 3.97. The highest BCUT2D eigenvalue weighted by molar-refractivity contribution is 5.72. The lowest BCUT2D eigenvalue weighted by molar-refractivity contribution is -0.118. The number of nitrogens with zero attached hydrogens (tertiary/aromatic N) is 2. The Morgan fingerprint density at radius 2 is 2.31 bits per heavy atom. The van der Waals surface area contributed by atoms with Gasteiger partial charge >= 0.3 is 0 Å². The molecule has 1 rings (SSSR count). The number of hydrogen-bond acceptors (Lipinski definition) is 3. The SMILES string of the molecule is CCCN(CCNC(C)=O)c1cccnc1. The molecule has 0 unspecified atom stereocenters. The zero-order chi connectivity index (χ0) is 11.8. The summed E-state index contributed by atoms with van der Waals surface area (Å²) in [4.78, 5) is 17.1. The van der Waals surface area contributed by atoms with E-state index in [-0.39, 0.29) is 5.91 Å². The molecule has 1 aromatic heterocycles. The first-order valence-electron chi connectivity index (χ1n) is 5.63. The summed E-state index contributed by atoms with van der Waals surface area (Å²) >= 11 is 0. The van der Waals surface area contributed by atoms with Crippen molar-refractivity contribution in [3.05, 3.63) is 24.5 Å². The fourth-order valence-corrected chi connectivity index (χ4v) is 1.55. The van der Waals surface area contributed by atoms with Gasteiger partial charge in [-0.15, -0.1) is 0 Å². The lowest BCUT2D eigenvalue weighted by atomic mass is 10.3. The predicted molar refractivity (Wildman–Crippen MR) is 65.4 cm³/mol. The lowest BCUT2D eigenvalue weighted by Crippen LogP contribution is -2.34. The number of nitrogens with one attached hydrogen (secondary N) is 1. The minimum Gasteiger partial charge on any atom is -0.369 e. The van der Waals surface area contributed by atoms with Crippen molar-refractivity contribution in [2.45, 2.75) is 20.3 Å². The van der Waals surface area contributed by atoms with Crippen LogP contribution in [-0.2, 0) is 4.79 Å². The normalized spacial score (nSPS) is 9.88. The second-order valence-electron chi connectivity index (χ2n) is 3.68. The van der Waals surface area contributed by atoms with E-state index < -0.39 is 0 Å². The average molecular weight is 221 g/mol. The van der Waals surface area contributed by atoms with Crippen LogP contribution in [0.4, 0.5) is 5.69 Å². The molecule has 4 heteroatoms. The van der Waals surface area contributed by atoms with Crippen LogP contribution in [0.15, 0.2) is 24.5 Å². The van der Waals surface area contributed by atoms with E-state index in [1.54, 1.807) is 6.20 Å². The molecule has 0 saturated heterocycles. The van der Waals surface area contributed by atoms with Gasteiger partial charge in [0.2, 0.25) is 5.91 Å². The molecule has 0 aliphatic heterocycles. The largest absolute Gasteiger partial charge is 0.369 e. The van der Waals surface area contributed by atoms with E-state index in [1.165, 1.54) is 6.92 Å². The second kappa shape index (κ2) is 6.82. The van der Waals surface area contributed by atoms with Gasteiger partial charge in [0.15, 0.2) is 0 Å². The van der Waals surface area contributed by atoms with Gasteiger partial charge in [0, 0.05) is 32.8 Å². The molecule has 0 atom stereocenters. The lowest BCUT2D eigenvalue weighted by Gasteiger charge is -2.23. The van der Waals surface area contributed by atoms with Crippen LogP contribution in [0.2, 0.25) is 0 Å². The Labute approximate surface area is 96.7 Å². The van der Waals surface area contributed by atoms with E-state index in [0.29, 0.717) is 6.54 Å². The molecule has 0 saturated carbocycles. The number of carbonyl (C=O) groups excluding carboxylic acids is 1. The summed E-state index contributed by atoms with van der Waals surface area (Å²) in [5.41, 5.74) is 1.11. The van der Waals surface area contributed by atoms with E-state index in [9.17, 15) is 4.79 Å². The molecule has 0 aliphatic carbocycles. The topological polar surface area (TPSA) is 45.2 Å². The standard InChI is InChI=1S/C12H19N3O/c1-3-8-15(9-7-14-11(2)16)12-5-4-6-13-10-12/h4-6,10H,3,7-9H2,1-2H3,(H,14,16). The number of amides is 1. The van der Waals surface area contributed by atoms with E-state index in [4.69, 9.17) is 0 Å². The first kappa shape index (κ1) is 12.5.